The van der Waals surface area contributed by atoms with Gasteiger partial charge in [-0.25, -0.2) is 14.4 Å². The molecule has 0 aromatic heterocycles. The number of hydrogen-bond donors (Lipinski definition) is 0. The Labute approximate surface area is 205 Å². The van der Waals surface area contributed by atoms with Gasteiger partial charge in [0.1, 0.15) is 0 Å². The topological polar surface area (TPSA) is 78.9 Å². The van der Waals surface area contributed by atoms with E-state index in [1.807, 2.05) is 57.2 Å². The predicted molar refractivity (Wildman–Crippen MR) is 133 cm³/mol. The van der Waals surface area contributed by atoms with E-state index < -0.39 is 17.9 Å². The first-order valence-corrected chi connectivity index (χ1v) is 11.2. The summed E-state index contributed by atoms with van der Waals surface area (Å²) in [6.07, 6.45) is 0.672. The van der Waals surface area contributed by atoms with Crippen LogP contribution in [0.2, 0.25) is 0 Å². The first kappa shape index (κ1) is 25.7. The quantitative estimate of drug-likeness (QED) is 0.348. The largest absolute Gasteiger partial charge is 0.465 e. The summed E-state index contributed by atoms with van der Waals surface area (Å²) in [5.74, 6) is -1.35. The fraction of sp³-hybridized carbons (Fsp3) is 0.276. The summed E-state index contributed by atoms with van der Waals surface area (Å²) in [6.45, 7) is 5.84. The van der Waals surface area contributed by atoms with Crippen molar-refractivity contribution in [3.05, 3.63) is 104 Å². The van der Waals surface area contributed by atoms with Crippen LogP contribution in [-0.4, -0.2) is 39.2 Å². The SMILES string of the molecule is COC(=O)c1ccc(C)cc1Cc1cc(C)cc(Cc2cc(C)ccc2C(=O)OC)c1C(=O)OC. The van der Waals surface area contributed by atoms with Gasteiger partial charge in [-0.2, -0.15) is 0 Å². The Hall–Kier alpha value is -3.93. The number of esters is 3. The van der Waals surface area contributed by atoms with Crippen molar-refractivity contribution in [3.8, 4) is 0 Å². The van der Waals surface area contributed by atoms with Crippen LogP contribution in [0.4, 0.5) is 0 Å². The molecule has 3 rings (SSSR count). The smallest absolute Gasteiger partial charge is 0.338 e. The fourth-order valence-corrected chi connectivity index (χ4v) is 4.35. The van der Waals surface area contributed by atoms with E-state index >= 15 is 0 Å². The molecule has 3 aromatic carbocycles. The van der Waals surface area contributed by atoms with Crippen molar-refractivity contribution in [2.75, 3.05) is 21.3 Å². The lowest BCUT2D eigenvalue weighted by Gasteiger charge is -2.18. The Bertz CT molecular complexity index is 1200. The van der Waals surface area contributed by atoms with Gasteiger partial charge in [-0.1, -0.05) is 53.1 Å². The minimum atomic E-state index is -0.477. The first-order valence-electron chi connectivity index (χ1n) is 11.2. The molecule has 0 bridgehead atoms. The molecule has 0 aliphatic heterocycles. The van der Waals surface area contributed by atoms with Gasteiger partial charge in [-0.15, -0.1) is 0 Å². The third-order valence-corrected chi connectivity index (χ3v) is 5.93. The highest BCUT2D eigenvalue weighted by Gasteiger charge is 2.22. The molecule has 0 atom stereocenters. The zero-order chi connectivity index (χ0) is 25.7. The van der Waals surface area contributed by atoms with Crippen LogP contribution in [0.25, 0.3) is 0 Å². The van der Waals surface area contributed by atoms with Crippen LogP contribution in [0.1, 0.15) is 70.0 Å². The molecule has 0 saturated carbocycles. The van der Waals surface area contributed by atoms with E-state index in [2.05, 4.69) is 0 Å². The van der Waals surface area contributed by atoms with Gasteiger partial charge < -0.3 is 14.2 Å². The van der Waals surface area contributed by atoms with Gasteiger partial charge in [0.15, 0.2) is 0 Å². The molecule has 0 aliphatic carbocycles. The number of hydrogen-bond acceptors (Lipinski definition) is 6. The number of rotatable bonds is 7. The lowest BCUT2D eigenvalue weighted by molar-refractivity contribution is 0.0590. The standard InChI is InChI=1S/C29H30O6/c1-17-7-9-24(27(30)33-4)20(11-17)15-22-13-19(3)14-23(26(22)29(32)35-6)16-21-12-18(2)8-10-25(21)28(31)34-5/h7-14H,15-16H2,1-6H3. The number of carbonyl (C=O) groups is 3. The van der Waals surface area contributed by atoms with Crippen molar-refractivity contribution in [2.45, 2.75) is 33.6 Å². The number of methoxy groups -OCH3 is 3. The van der Waals surface area contributed by atoms with Gasteiger partial charge in [0.05, 0.1) is 38.0 Å². The Morgan fingerprint density at radius 1 is 0.543 bits per heavy atom. The lowest BCUT2D eigenvalue weighted by atomic mass is 9.88. The zero-order valence-electron chi connectivity index (χ0n) is 21.0. The third kappa shape index (κ3) is 5.77. The predicted octanol–water partition coefficient (Wildman–Crippen LogP) is 5.15. The molecular formula is C29H30O6. The molecule has 0 amide bonds. The monoisotopic (exact) mass is 474 g/mol. The van der Waals surface area contributed by atoms with Crippen molar-refractivity contribution in [1.29, 1.82) is 0 Å². The molecule has 182 valence electrons. The summed E-state index contributed by atoms with van der Waals surface area (Å²) in [5.41, 5.74) is 7.21. The summed E-state index contributed by atoms with van der Waals surface area (Å²) >= 11 is 0. The van der Waals surface area contributed by atoms with Crippen molar-refractivity contribution in [3.63, 3.8) is 0 Å². The molecule has 0 radical (unpaired) electrons. The van der Waals surface area contributed by atoms with E-state index in [4.69, 9.17) is 14.2 Å². The normalized spacial score (nSPS) is 10.6. The maximum atomic E-state index is 13.0. The second-order valence-corrected chi connectivity index (χ2v) is 8.61. The zero-order valence-corrected chi connectivity index (χ0v) is 21.0. The van der Waals surface area contributed by atoms with Crippen LogP contribution in [0.5, 0.6) is 0 Å². The second kappa shape index (κ2) is 11.0. The number of ether oxygens (including phenoxy) is 3. The highest BCUT2D eigenvalue weighted by atomic mass is 16.5. The van der Waals surface area contributed by atoms with E-state index in [1.54, 1.807) is 12.1 Å². The lowest BCUT2D eigenvalue weighted by Crippen LogP contribution is -2.14. The van der Waals surface area contributed by atoms with Crippen molar-refractivity contribution in [1.82, 2.24) is 0 Å². The van der Waals surface area contributed by atoms with Crippen molar-refractivity contribution >= 4 is 17.9 Å². The third-order valence-electron chi connectivity index (χ3n) is 5.93. The number of benzene rings is 3. The number of carbonyl (C=O) groups excluding carboxylic acids is 3. The summed E-state index contributed by atoms with van der Waals surface area (Å²) in [6, 6.07) is 14.9. The van der Waals surface area contributed by atoms with Gasteiger partial charge >= 0.3 is 17.9 Å². The summed E-state index contributed by atoms with van der Waals surface area (Å²) in [4.78, 5) is 37.8. The molecule has 0 saturated heterocycles. The van der Waals surface area contributed by atoms with Gasteiger partial charge in [0, 0.05) is 0 Å². The molecule has 0 fully saturated rings. The molecule has 0 N–H and O–H groups in total. The van der Waals surface area contributed by atoms with Crippen molar-refractivity contribution < 1.29 is 28.6 Å². The van der Waals surface area contributed by atoms with E-state index in [0.717, 1.165) is 38.9 Å². The van der Waals surface area contributed by atoms with Crippen LogP contribution < -0.4 is 0 Å². The molecule has 0 spiro atoms. The minimum Gasteiger partial charge on any atom is -0.465 e. The van der Waals surface area contributed by atoms with Gasteiger partial charge in [0.2, 0.25) is 0 Å². The van der Waals surface area contributed by atoms with Gasteiger partial charge in [-0.05, 0) is 68.0 Å². The highest BCUT2D eigenvalue weighted by Crippen LogP contribution is 2.27. The average Bonchev–Trinajstić information content (AvgIpc) is 2.82. The Balaban J connectivity index is 2.18. The van der Waals surface area contributed by atoms with Gasteiger partial charge in [0.25, 0.3) is 0 Å². The van der Waals surface area contributed by atoms with Crippen LogP contribution in [0.15, 0.2) is 48.5 Å². The molecule has 6 heteroatoms. The first-order chi connectivity index (χ1) is 16.7. The molecule has 0 heterocycles. The Morgan fingerprint density at radius 2 is 0.914 bits per heavy atom. The minimum absolute atomic E-state index is 0.336. The van der Waals surface area contributed by atoms with Crippen LogP contribution in [0, 0.1) is 20.8 Å². The van der Waals surface area contributed by atoms with E-state index in [1.165, 1.54) is 21.3 Å². The van der Waals surface area contributed by atoms with Gasteiger partial charge in [-0.3, -0.25) is 0 Å². The highest BCUT2D eigenvalue weighted by molar-refractivity contribution is 5.95. The summed E-state index contributed by atoms with van der Waals surface area (Å²) in [7, 11) is 4.03. The van der Waals surface area contributed by atoms with Crippen molar-refractivity contribution in [2.24, 2.45) is 0 Å². The Kier molecular flexibility index (Phi) is 8.07. The van der Waals surface area contributed by atoms with Crippen LogP contribution in [0.3, 0.4) is 0 Å². The molecule has 35 heavy (non-hydrogen) atoms. The molecule has 0 aliphatic rings. The fourth-order valence-electron chi connectivity index (χ4n) is 4.35. The molecule has 0 unspecified atom stereocenters. The summed E-state index contributed by atoms with van der Waals surface area (Å²) in [5, 5.41) is 0. The van der Waals surface area contributed by atoms with E-state index in [0.29, 0.717) is 29.5 Å². The second-order valence-electron chi connectivity index (χ2n) is 8.61. The average molecular weight is 475 g/mol. The number of aryl methyl sites for hydroxylation is 3. The molecule has 6 nitrogen and oxygen atoms in total. The maximum absolute atomic E-state index is 13.0. The Morgan fingerprint density at radius 3 is 1.29 bits per heavy atom. The molecule has 3 aromatic rings. The van der Waals surface area contributed by atoms with E-state index in [9.17, 15) is 14.4 Å². The maximum Gasteiger partial charge on any atom is 0.338 e. The van der Waals surface area contributed by atoms with Crippen LogP contribution in [-0.2, 0) is 27.1 Å². The van der Waals surface area contributed by atoms with Crippen LogP contribution >= 0.6 is 0 Å². The summed E-state index contributed by atoms with van der Waals surface area (Å²) < 4.78 is 15.1. The molecular weight excluding hydrogens is 444 g/mol. The van der Waals surface area contributed by atoms with E-state index in [-0.39, 0.29) is 0 Å².